The van der Waals surface area contributed by atoms with Gasteiger partial charge in [0.1, 0.15) is 11.6 Å². The summed E-state index contributed by atoms with van der Waals surface area (Å²) in [7, 11) is -0.901. The lowest BCUT2D eigenvalue weighted by Gasteiger charge is -2.13. The van der Waals surface area contributed by atoms with Gasteiger partial charge in [-0.1, -0.05) is 23.7 Å². The van der Waals surface area contributed by atoms with Crippen molar-refractivity contribution in [1.29, 1.82) is 0 Å². The first-order chi connectivity index (χ1) is 14.7. The van der Waals surface area contributed by atoms with Gasteiger partial charge in [0, 0.05) is 39.0 Å². The Bertz CT molecular complexity index is 1200. The maximum Gasteiger partial charge on any atom is 0.253 e. The minimum Gasteiger partial charge on any atom is -0.439 e. The van der Waals surface area contributed by atoms with Gasteiger partial charge in [-0.15, -0.1) is 0 Å². The van der Waals surface area contributed by atoms with E-state index in [-0.39, 0.29) is 27.9 Å². The molecule has 31 heavy (non-hydrogen) atoms. The molecule has 7 nitrogen and oxygen atoms in total. The summed E-state index contributed by atoms with van der Waals surface area (Å²) < 4.78 is 44.3. The van der Waals surface area contributed by atoms with Crippen LogP contribution < -0.4 is 10.1 Å². The monoisotopic (exact) mass is 463 g/mol. The number of aromatic nitrogens is 1. The highest BCUT2D eigenvalue weighted by Gasteiger charge is 2.20. The molecule has 1 N–H and O–H groups in total. The maximum atomic E-state index is 13.2. The number of pyridine rings is 1. The van der Waals surface area contributed by atoms with Crippen LogP contribution in [0.5, 0.6) is 11.6 Å². The molecule has 1 amide bonds. The summed E-state index contributed by atoms with van der Waals surface area (Å²) in [6.07, 6.45) is 1.50. The summed E-state index contributed by atoms with van der Waals surface area (Å²) in [5.74, 6) is -0.361. The van der Waals surface area contributed by atoms with Gasteiger partial charge in [-0.25, -0.2) is 22.1 Å². The van der Waals surface area contributed by atoms with Gasteiger partial charge in [0.2, 0.25) is 15.9 Å². The Morgan fingerprint density at radius 3 is 2.58 bits per heavy atom. The zero-order valence-corrected chi connectivity index (χ0v) is 18.2. The Morgan fingerprint density at radius 1 is 1.16 bits per heavy atom. The zero-order chi connectivity index (χ0) is 22.6. The second-order valence-electron chi connectivity index (χ2n) is 6.68. The summed E-state index contributed by atoms with van der Waals surface area (Å²) in [5, 5.41) is 2.81. The fraction of sp³-hybridized carbons (Fsp3) is 0.143. The number of rotatable bonds is 7. The lowest BCUT2D eigenvalue weighted by molar-refractivity contribution is 0.0951. The number of benzene rings is 2. The zero-order valence-electron chi connectivity index (χ0n) is 16.7. The molecule has 0 saturated heterocycles. The molecule has 10 heteroatoms. The number of carbonyl (C=O) groups is 1. The molecule has 0 spiro atoms. The molecular weight excluding hydrogens is 445 g/mol. The van der Waals surface area contributed by atoms with E-state index in [4.69, 9.17) is 16.3 Å². The smallest absolute Gasteiger partial charge is 0.253 e. The summed E-state index contributed by atoms with van der Waals surface area (Å²) in [6, 6.07) is 12.9. The van der Waals surface area contributed by atoms with Gasteiger partial charge in [-0.2, -0.15) is 0 Å². The Labute approximate surface area is 184 Å². The van der Waals surface area contributed by atoms with E-state index in [1.165, 1.54) is 56.7 Å². The van der Waals surface area contributed by atoms with E-state index in [0.717, 1.165) is 4.31 Å². The van der Waals surface area contributed by atoms with Crippen molar-refractivity contribution >= 4 is 27.5 Å². The quantitative estimate of drug-likeness (QED) is 0.575. The van der Waals surface area contributed by atoms with Crippen molar-refractivity contribution in [2.24, 2.45) is 0 Å². The van der Waals surface area contributed by atoms with Crippen LogP contribution in [-0.4, -0.2) is 37.7 Å². The normalized spacial score (nSPS) is 11.4. The van der Waals surface area contributed by atoms with Crippen LogP contribution >= 0.6 is 11.6 Å². The number of nitrogens with one attached hydrogen (secondary N) is 1. The summed E-state index contributed by atoms with van der Waals surface area (Å²) in [6.45, 7) is 0.132. The van der Waals surface area contributed by atoms with E-state index >= 15 is 0 Å². The van der Waals surface area contributed by atoms with Gasteiger partial charge in [0.25, 0.3) is 5.91 Å². The Morgan fingerprint density at radius 2 is 1.94 bits per heavy atom. The number of halogens is 2. The summed E-state index contributed by atoms with van der Waals surface area (Å²) in [4.78, 5) is 16.6. The molecule has 0 unspecified atom stereocenters. The van der Waals surface area contributed by atoms with E-state index in [0.29, 0.717) is 11.3 Å². The molecule has 0 bridgehead atoms. The minimum absolute atomic E-state index is 0.0347. The number of sulfonamides is 1. The molecule has 162 valence electrons. The lowest BCUT2D eigenvalue weighted by atomic mass is 10.2. The van der Waals surface area contributed by atoms with Crippen molar-refractivity contribution in [2.75, 3.05) is 14.1 Å². The molecule has 1 heterocycles. The Kier molecular flexibility index (Phi) is 6.89. The van der Waals surface area contributed by atoms with Gasteiger partial charge in [0.05, 0.1) is 15.5 Å². The van der Waals surface area contributed by atoms with Crippen LogP contribution in [0.1, 0.15) is 15.9 Å². The molecular formula is C21H19ClFN3O4S. The molecule has 0 radical (unpaired) electrons. The van der Waals surface area contributed by atoms with Crippen LogP contribution in [0.25, 0.3) is 0 Å². The maximum absolute atomic E-state index is 13.2. The second-order valence-corrected chi connectivity index (χ2v) is 9.23. The Hall–Kier alpha value is -3.01. The number of ether oxygens (including phenoxy) is 1. The standard InChI is InChI=1S/C21H19ClFN3O4S/c1-26(2)31(28,29)17-7-8-19(22)18(11-17)21(27)25-13-14-6-9-20(24-12-14)30-16-5-3-4-15(23)10-16/h3-12H,13H2,1-2H3,(H,25,27). The van der Waals surface area contributed by atoms with Crippen molar-refractivity contribution < 1.29 is 22.3 Å². The highest BCUT2D eigenvalue weighted by molar-refractivity contribution is 7.89. The number of amides is 1. The van der Waals surface area contributed by atoms with Gasteiger partial charge in [0.15, 0.2) is 0 Å². The summed E-state index contributed by atoms with van der Waals surface area (Å²) in [5.41, 5.74) is 0.719. The van der Waals surface area contributed by atoms with Crippen molar-refractivity contribution in [1.82, 2.24) is 14.6 Å². The third-order valence-electron chi connectivity index (χ3n) is 4.23. The third-order valence-corrected chi connectivity index (χ3v) is 6.37. The van der Waals surface area contributed by atoms with Crippen molar-refractivity contribution in [3.63, 3.8) is 0 Å². The fourth-order valence-electron chi connectivity index (χ4n) is 2.55. The fourth-order valence-corrected chi connectivity index (χ4v) is 3.69. The van der Waals surface area contributed by atoms with Crippen LogP contribution in [0.3, 0.4) is 0 Å². The Balaban J connectivity index is 1.67. The van der Waals surface area contributed by atoms with E-state index in [1.807, 2.05) is 0 Å². The summed E-state index contributed by atoms with van der Waals surface area (Å²) >= 11 is 6.09. The van der Waals surface area contributed by atoms with Crippen molar-refractivity contribution in [3.8, 4) is 11.6 Å². The molecule has 0 aliphatic carbocycles. The van der Waals surface area contributed by atoms with Crippen LogP contribution in [-0.2, 0) is 16.6 Å². The predicted octanol–water partition coefficient (Wildman–Crippen LogP) is 3.85. The highest BCUT2D eigenvalue weighted by Crippen LogP contribution is 2.23. The molecule has 0 atom stereocenters. The third kappa shape index (κ3) is 5.57. The van der Waals surface area contributed by atoms with Gasteiger partial charge < -0.3 is 10.1 Å². The first-order valence-electron chi connectivity index (χ1n) is 9.05. The second kappa shape index (κ2) is 9.42. The first kappa shape index (κ1) is 22.7. The number of hydrogen-bond acceptors (Lipinski definition) is 5. The molecule has 1 aromatic heterocycles. The van der Waals surface area contributed by atoms with E-state index in [1.54, 1.807) is 18.2 Å². The van der Waals surface area contributed by atoms with E-state index in [2.05, 4.69) is 10.3 Å². The molecule has 0 aliphatic rings. The van der Waals surface area contributed by atoms with Crippen LogP contribution in [0.2, 0.25) is 5.02 Å². The predicted molar refractivity (Wildman–Crippen MR) is 114 cm³/mol. The molecule has 3 aromatic rings. The van der Waals surface area contributed by atoms with Gasteiger partial charge >= 0.3 is 0 Å². The van der Waals surface area contributed by atoms with Crippen LogP contribution in [0.15, 0.2) is 65.7 Å². The minimum atomic E-state index is -3.70. The van der Waals surface area contributed by atoms with Gasteiger partial charge in [-0.3, -0.25) is 4.79 Å². The van der Waals surface area contributed by atoms with E-state index < -0.39 is 21.7 Å². The van der Waals surface area contributed by atoms with E-state index in [9.17, 15) is 17.6 Å². The van der Waals surface area contributed by atoms with Crippen LogP contribution in [0, 0.1) is 5.82 Å². The number of nitrogens with zero attached hydrogens (tertiary/aromatic N) is 2. The molecule has 2 aromatic carbocycles. The van der Waals surface area contributed by atoms with Crippen LogP contribution in [0.4, 0.5) is 4.39 Å². The molecule has 0 fully saturated rings. The SMILES string of the molecule is CN(C)S(=O)(=O)c1ccc(Cl)c(C(=O)NCc2ccc(Oc3cccc(F)c3)nc2)c1. The average molecular weight is 464 g/mol. The first-order valence-corrected chi connectivity index (χ1v) is 10.9. The average Bonchev–Trinajstić information content (AvgIpc) is 2.73. The molecule has 3 rings (SSSR count). The molecule has 0 aliphatic heterocycles. The highest BCUT2D eigenvalue weighted by atomic mass is 35.5. The number of hydrogen-bond donors (Lipinski definition) is 1. The number of carbonyl (C=O) groups excluding carboxylic acids is 1. The largest absolute Gasteiger partial charge is 0.439 e. The lowest BCUT2D eigenvalue weighted by Crippen LogP contribution is -2.25. The van der Waals surface area contributed by atoms with Crippen molar-refractivity contribution in [2.45, 2.75) is 11.4 Å². The van der Waals surface area contributed by atoms with Crippen molar-refractivity contribution in [3.05, 3.63) is 82.8 Å². The van der Waals surface area contributed by atoms with Gasteiger partial charge in [-0.05, 0) is 35.9 Å². The topological polar surface area (TPSA) is 88.6 Å². The molecule has 0 saturated carbocycles.